The summed E-state index contributed by atoms with van der Waals surface area (Å²) in [6.07, 6.45) is 3.93. The summed E-state index contributed by atoms with van der Waals surface area (Å²) < 4.78 is 9.71. The van der Waals surface area contributed by atoms with E-state index in [1.165, 1.54) is 7.11 Å². The minimum atomic E-state index is -0.389. The van der Waals surface area contributed by atoms with Gasteiger partial charge in [0.25, 0.3) is 0 Å². The summed E-state index contributed by atoms with van der Waals surface area (Å²) in [6.45, 7) is 2.31. The van der Waals surface area contributed by atoms with Crippen molar-refractivity contribution in [2.24, 2.45) is 23.7 Å². The van der Waals surface area contributed by atoms with E-state index in [-0.39, 0.29) is 35.6 Å². The second-order valence-corrected chi connectivity index (χ2v) is 4.11. The zero-order valence-corrected chi connectivity index (χ0v) is 8.80. The van der Waals surface area contributed by atoms with Gasteiger partial charge in [0.05, 0.1) is 25.6 Å². The van der Waals surface area contributed by atoms with Gasteiger partial charge in [-0.25, -0.2) is 0 Å². The molecule has 0 unspecified atom stereocenters. The molecular formula is C11H14O4. The highest BCUT2D eigenvalue weighted by atomic mass is 16.5. The molecule has 0 amide bonds. The van der Waals surface area contributed by atoms with Crippen LogP contribution in [0.15, 0.2) is 12.2 Å². The van der Waals surface area contributed by atoms with Crippen LogP contribution in [0.2, 0.25) is 0 Å². The van der Waals surface area contributed by atoms with Crippen LogP contribution in [0.1, 0.15) is 6.92 Å². The van der Waals surface area contributed by atoms with Crippen LogP contribution >= 0.6 is 0 Å². The minimum absolute atomic E-state index is 0.0318. The normalized spacial score (nSPS) is 38.4. The van der Waals surface area contributed by atoms with E-state index in [4.69, 9.17) is 9.47 Å². The lowest BCUT2D eigenvalue weighted by atomic mass is 9.72. The summed E-state index contributed by atoms with van der Waals surface area (Å²) in [5.41, 5.74) is 0. The third-order valence-electron chi connectivity index (χ3n) is 3.24. The number of ether oxygens (including phenoxy) is 2. The third-order valence-corrected chi connectivity index (χ3v) is 3.24. The number of rotatable bonds is 1. The largest absolute Gasteiger partial charge is 0.469 e. The topological polar surface area (TPSA) is 52.6 Å². The van der Waals surface area contributed by atoms with E-state index in [2.05, 4.69) is 0 Å². The lowest BCUT2D eigenvalue weighted by molar-refractivity contribution is -0.155. The fourth-order valence-corrected chi connectivity index (χ4v) is 2.40. The van der Waals surface area contributed by atoms with Crippen molar-refractivity contribution in [3.8, 4) is 0 Å². The predicted molar refractivity (Wildman–Crippen MR) is 51.7 cm³/mol. The van der Waals surface area contributed by atoms with E-state index in [1.807, 2.05) is 19.1 Å². The Kier molecular flexibility index (Phi) is 2.50. The van der Waals surface area contributed by atoms with Crippen molar-refractivity contribution in [1.82, 2.24) is 0 Å². The Labute approximate surface area is 88.2 Å². The van der Waals surface area contributed by atoms with Crippen LogP contribution in [0.25, 0.3) is 0 Å². The first-order valence-corrected chi connectivity index (χ1v) is 5.08. The molecule has 0 saturated carbocycles. The van der Waals surface area contributed by atoms with Crippen molar-refractivity contribution < 1.29 is 19.1 Å². The van der Waals surface area contributed by atoms with Crippen LogP contribution in [0.4, 0.5) is 0 Å². The van der Waals surface area contributed by atoms with E-state index in [0.29, 0.717) is 6.61 Å². The Morgan fingerprint density at radius 1 is 1.53 bits per heavy atom. The maximum absolute atomic E-state index is 11.6. The first kappa shape index (κ1) is 10.2. The molecule has 15 heavy (non-hydrogen) atoms. The molecule has 0 aromatic heterocycles. The molecule has 4 atom stereocenters. The number of allylic oxidation sites excluding steroid dienone is 1. The Morgan fingerprint density at radius 3 is 2.93 bits per heavy atom. The molecule has 1 aliphatic carbocycles. The van der Waals surface area contributed by atoms with Crippen molar-refractivity contribution in [3.05, 3.63) is 12.2 Å². The molecule has 0 N–H and O–H groups in total. The summed E-state index contributed by atoms with van der Waals surface area (Å²) in [7, 11) is 1.35. The molecule has 82 valence electrons. The van der Waals surface area contributed by atoms with E-state index in [1.54, 1.807) is 0 Å². The van der Waals surface area contributed by atoms with Gasteiger partial charge in [-0.05, 0) is 5.92 Å². The van der Waals surface area contributed by atoms with Crippen molar-refractivity contribution in [2.75, 3.05) is 13.7 Å². The van der Waals surface area contributed by atoms with Gasteiger partial charge in [-0.1, -0.05) is 19.1 Å². The number of hydrogen-bond acceptors (Lipinski definition) is 4. The van der Waals surface area contributed by atoms with Gasteiger partial charge in [0.15, 0.2) is 0 Å². The zero-order chi connectivity index (χ0) is 11.0. The second kappa shape index (κ2) is 3.68. The van der Waals surface area contributed by atoms with Crippen LogP contribution < -0.4 is 0 Å². The van der Waals surface area contributed by atoms with Crippen molar-refractivity contribution >= 4 is 11.9 Å². The van der Waals surface area contributed by atoms with E-state index in [9.17, 15) is 9.59 Å². The Balaban J connectivity index is 2.30. The van der Waals surface area contributed by atoms with Crippen molar-refractivity contribution in [3.63, 3.8) is 0 Å². The zero-order valence-electron chi connectivity index (χ0n) is 8.80. The van der Waals surface area contributed by atoms with Crippen molar-refractivity contribution in [1.29, 1.82) is 0 Å². The number of fused-ring (bicyclic) bond motifs is 1. The maximum Gasteiger partial charge on any atom is 0.310 e. The first-order chi connectivity index (χ1) is 7.15. The highest BCUT2D eigenvalue weighted by Crippen LogP contribution is 2.39. The highest BCUT2D eigenvalue weighted by molar-refractivity contribution is 5.84. The molecule has 1 aliphatic heterocycles. The Hall–Kier alpha value is -1.32. The molecule has 1 fully saturated rings. The van der Waals surface area contributed by atoms with E-state index >= 15 is 0 Å². The monoisotopic (exact) mass is 210 g/mol. The number of carbonyl (C=O) groups excluding carboxylic acids is 2. The van der Waals surface area contributed by atoms with Gasteiger partial charge in [0, 0.05) is 5.92 Å². The van der Waals surface area contributed by atoms with Gasteiger partial charge in [-0.2, -0.15) is 0 Å². The molecule has 4 heteroatoms. The van der Waals surface area contributed by atoms with Gasteiger partial charge in [-0.15, -0.1) is 0 Å². The van der Waals surface area contributed by atoms with Gasteiger partial charge < -0.3 is 9.47 Å². The van der Waals surface area contributed by atoms with Gasteiger partial charge in [0.1, 0.15) is 0 Å². The van der Waals surface area contributed by atoms with Crippen LogP contribution in [0, 0.1) is 23.7 Å². The summed E-state index contributed by atoms with van der Waals surface area (Å²) >= 11 is 0. The lowest BCUT2D eigenvalue weighted by Gasteiger charge is -2.29. The van der Waals surface area contributed by atoms with Crippen LogP contribution in [0.5, 0.6) is 0 Å². The molecule has 0 spiro atoms. The molecule has 0 bridgehead atoms. The van der Waals surface area contributed by atoms with E-state index in [0.717, 1.165) is 0 Å². The molecule has 0 radical (unpaired) electrons. The fraction of sp³-hybridized carbons (Fsp3) is 0.636. The number of hydrogen-bond donors (Lipinski definition) is 0. The average Bonchev–Trinajstić information content (AvgIpc) is 2.60. The standard InChI is InChI=1S/C11H14O4/c1-6-3-4-7-5-15-11(13)9(7)8(6)10(12)14-2/h3-4,6-9H,5H2,1-2H3/t6-,7+,8-,9-/m0/s1. The smallest absolute Gasteiger partial charge is 0.310 e. The summed E-state index contributed by atoms with van der Waals surface area (Å²) in [5, 5.41) is 0. The first-order valence-electron chi connectivity index (χ1n) is 5.08. The highest BCUT2D eigenvalue weighted by Gasteiger charge is 2.48. The molecule has 4 nitrogen and oxygen atoms in total. The van der Waals surface area contributed by atoms with Crippen LogP contribution in [-0.2, 0) is 19.1 Å². The minimum Gasteiger partial charge on any atom is -0.469 e. The van der Waals surface area contributed by atoms with Crippen LogP contribution in [0.3, 0.4) is 0 Å². The Bertz CT molecular complexity index is 321. The summed E-state index contributed by atoms with van der Waals surface area (Å²) in [5.74, 6) is -1.26. The second-order valence-electron chi connectivity index (χ2n) is 4.11. The van der Waals surface area contributed by atoms with Crippen LogP contribution in [-0.4, -0.2) is 25.7 Å². The number of carbonyl (C=O) groups is 2. The van der Waals surface area contributed by atoms with Crippen molar-refractivity contribution in [2.45, 2.75) is 6.92 Å². The molecule has 0 aromatic carbocycles. The van der Waals surface area contributed by atoms with Gasteiger partial charge in [0.2, 0.25) is 0 Å². The predicted octanol–water partition coefficient (Wildman–Crippen LogP) is 0.771. The maximum atomic E-state index is 11.6. The fourth-order valence-electron chi connectivity index (χ4n) is 2.40. The number of methoxy groups -OCH3 is 1. The van der Waals surface area contributed by atoms with Gasteiger partial charge in [-0.3, -0.25) is 9.59 Å². The number of cyclic esters (lactones) is 1. The SMILES string of the molecule is COC(=O)[C@@H]1[C@H]2C(=O)OC[C@H]2C=C[C@@H]1C. The Morgan fingerprint density at radius 2 is 2.27 bits per heavy atom. The number of esters is 2. The molecular weight excluding hydrogens is 196 g/mol. The molecule has 0 aromatic rings. The van der Waals surface area contributed by atoms with Gasteiger partial charge >= 0.3 is 11.9 Å². The van der Waals surface area contributed by atoms with E-state index < -0.39 is 0 Å². The quantitative estimate of drug-likeness (QED) is 0.474. The lowest BCUT2D eigenvalue weighted by Crippen LogP contribution is -2.38. The molecule has 2 rings (SSSR count). The third kappa shape index (κ3) is 1.54. The molecule has 1 saturated heterocycles. The molecule has 2 aliphatic rings. The molecule has 1 heterocycles. The summed E-state index contributed by atoms with van der Waals surface area (Å²) in [6, 6.07) is 0. The summed E-state index contributed by atoms with van der Waals surface area (Å²) in [4.78, 5) is 23.1. The average molecular weight is 210 g/mol.